The molecule has 0 unspecified atom stereocenters. The average Bonchev–Trinajstić information content (AvgIpc) is 2.97. The molecule has 22 heavy (non-hydrogen) atoms. The maximum Gasteiger partial charge on any atom is 0.270 e. The smallest absolute Gasteiger partial charge is 0.270 e. The number of hydrogen-bond donors (Lipinski definition) is 2. The van der Waals surface area contributed by atoms with Crippen molar-refractivity contribution in [3.8, 4) is 0 Å². The highest BCUT2D eigenvalue weighted by atomic mass is 19.1. The summed E-state index contributed by atoms with van der Waals surface area (Å²) in [6.45, 7) is 2.17. The number of amides is 1. The van der Waals surface area contributed by atoms with E-state index in [-0.39, 0.29) is 41.7 Å². The molecule has 1 aromatic carbocycles. The number of H-pyrrole nitrogens is 1. The average molecular weight is 310 g/mol. The highest BCUT2D eigenvalue weighted by Gasteiger charge is 2.31. The van der Waals surface area contributed by atoms with E-state index in [1.165, 1.54) is 11.0 Å². The molecule has 1 aromatic heterocycles. The lowest BCUT2D eigenvalue weighted by Crippen LogP contribution is -2.52. The first-order valence-corrected chi connectivity index (χ1v) is 7.01. The zero-order valence-corrected chi connectivity index (χ0v) is 12.0. The molecule has 2 atom stereocenters. The molecule has 0 radical (unpaired) electrons. The fourth-order valence-corrected chi connectivity index (χ4v) is 2.63. The van der Waals surface area contributed by atoms with Crippen molar-refractivity contribution in [2.75, 3.05) is 19.8 Å². The largest absolute Gasteiger partial charge is 0.394 e. The molecule has 2 heterocycles. The Labute approximate surface area is 125 Å². The van der Waals surface area contributed by atoms with Crippen molar-refractivity contribution in [3.63, 3.8) is 0 Å². The SMILES string of the molecule is C[C@@H]1CO[C@H](CO)CN1C(=O)c1cc2c(F)ccc(F)c2[nH]1. The number of nitrogens with zero attached hydrogens (tertiary/aromatic N) is 1. The Morgan fingerprint density at radius 1 is 1.45 bits per heavy atom. The van der Waals surface area contributed by atoms with E-state index in [2.05, 4.69) is 4.98 Å². The topological polar surface area (TPSA) is 65.6 Å². The Hall–Kier alpha value is -1.99. The summed E-state index contributed by atoms with van der Waals surface area (Å²) < 4.78 is 32.8. The molecule has 1 amide bonds. The number of nitrogens with one attached hydrogen (secondary N) is 1. The van der Waals surface area contributed by atoms with Crippen molar-refractivity contribution in [2.45, 2.75) is 19.1 Å². The molecule has 3 rings (SSSR count). The lowest BCUT2D eigenvalue weighted by atomic mass is 10.1. The highest BCUT2D eigenvalue weighted by molar-refractivity contribution is 5.98. The molecule has 1 fully saturated rings. The third-order valence-electron chi connectivity index (χ3n) is 3.89. The Bertz CT molecular complexity index is 677. The van der Waals surface area contributed by atoms with Crippen LogP contribution in [0.4, 0.5) is 8.78 Å². The second-order valence-corrected chi connectivity index (χ2v) is 5.45. The number of aromatic amines is 1. The van der Waals surface area contributed by atoms with E-state index in [0.29, 0.717) is 6.61 Å². The van der Waals surface area contributed by atoms with Crippen LogP contribution < -0.4 is 0 Å². The molecule has 2 aromatic rings. The van der Waals surface area contributed by atoms with Gasteiger partial charge in [0.1, 0.15) is 17.3 Å². The number of carbonyl (C=O) groups excluding carboxylic acids is 1. The van der Waals surface area contributed by atoms with Crippen molar-refractivity contribution in [2.24, 2.45) is 0 Å². The summed E-state index contributed by atoms with van der Waals surface area (Å²) in [5, 5.41) is 9.21. The van der Waals surface area contributed by atoms with E-state index in [4.69, 9.17) is 9.84 Å². The summed E-state index contributed by atoms with van der Waals surface area (Å²) in [7, 11) is 0. The third kappa shape index (κ3) is 2.46. The standard InChI is InChI=1S/C15H16F2N2O3/c1-8-7-22-9(6-20)5-19(8)15(21)13-4-10-11(16)2-3-12(17)14(10)18-13/h2-4,8-9,18,20H,5-7H2,1H3/t8-,9+/m1/s1. The summed E-state index contributed by atoms with van der Waals surface area (Å²) >= 11 is 0. The molecule has 0 bridgehead atoms. The number of aliphatic hydroxyl groups is 1. The van der Waals surface area contributed by atoms with Gasteiger partial charge in [0.15, 0.2) is 0 Å². The van der Waals surface area contributed by atoms with E-state index in [0.717, 1.165) is 12.1 Å². The van der Waals surface area contributed by atoms with Gasteiger partial charge in [0.05, 0.1) is 30.9 Å². The number of ether oxygens (including phenoxy) is 1. The number of rotatable bonds is 2. The molecule has 1 saturated heterocycles. The van der Waals surface area contributed by atoms with Gasteiger partial charge < -0.3 is 19.7 Å². The summed E-state index contributed by atoms with van der Waals surface area (Å²) in [5.74, 6) is -1.57. The lowest BCUT2D eigenvalue weighted by Gasteiger charge is -2.37. The molecule has 118 valence electrons. The van der Waals surface area contributed by atoms with Gasteiger partial charge in [-0.25, -0.2) is 8.78 Å². The van der Waals surface area contributed by atoms with E-state index in [9.17, 15) is 13.6 Å². The fourth-order valence-electron chi connectivity index (χ4n) is 2.63. The van der Waals surface area contributed by atoms with Gasteiger partial charge in [-0.2, -0.15) is 0 Å². The first-order valence-electron chi connectivity index (χ1n) is 7.01. The second kappa shape index (κ2) is 5.66. The number of aromatic nitrogens is 1. The molecule has 0 spiro atoms. The minimum absolute atomic E-state index is 0.0250. The predicted molar refractivity (Wildman–Crippen MR) is 75.5 cm³/mol. The number of hydrogen-bond acceptors (Lipinski definition) is 3. The Kier molecular flexibility index (Phi) is 3.84. The van der Waals surface area contributed by atoms with Gasteiger partial charge >= 0.3 is 0 Å². The number of fused-ring (bicyclic) bond motifs is 1. The van der Waals surface area contributed by atoms with E-state index >= 15 is 0 Å². The van der Waals surface area contributed by atoms with Crippen molar-refractivity contribution in [1.29, 1.82) is 0 Å². The van der Waals surface area contributed by atoms with E-state index in [1.54, 1.807) is 0 Å². The van der Waals surface area contributed by atoms with Crippen LogP contribution >= 0.6 is 0 Å². The molecule has 1 aliphatic heterocycles. The Morgan fingerprint density at radius 3 is 2.86 bits per heavy atom. The number of carbonyl (C=O) groups is 1. The molecule has 1 aliphatic rings. The van der Waals surface area contributed by atoms with Crippen LogP contribution in [0.2, 0.25) is 0 Å². The monoisotopic (exact) mass is 310 g/mol. The van der Waals surface area contributed by atoms with E-state index < -0.39 is 17.7 Å². The Balaban J connectivity index is 1.94. The minimum Gasteiger partial charge on any atom is -0.394 e. The Morgan fingerprint density at radius 2 is 2.18 bits per heavy atom. The maximum absolute atomic E-state index is 13.7. The van der Waals surface area contributed by atoms with Crippen LogP contribution in [0.5, 0.6) is 0 Å². The van der Waals surface area contributed by atoms with Crippen molar-refractivity contribution in [3.05, 3.63) is 35.5 Å². The van der Waals surface area contributed by atoms with Crippen LogP contribution in [0.25, 0.3) is 10.9 Å². The normalized spacial score (nSPS) is 22.3. The first-order chi connectivity index (χ1) is 10.5. The van der Waals surface area contributed by atoms with Gasteiger partial charge in [0.25, 0.3) is 5.91 Å². The molecular formula is C15H16F2N2O3. The van der Waals surface area contributed by atoms with Crippen LogP contribution in [0.15, 0.2) is 18.2 Å². The fraction of sp³-hybridized carbons (Fsp3) is 0.400. The van der Waals surface area contributed by atoms with Crippen LogP contribution in [-0.4, -0.2) is 52.8 Å². The van der Waals surface area contributed by atoms with Gasteiger partial charge in [-0.05, 0) is 25.1 Å². The summed E-state index contributed by atoms with van der Waals surface area (Å²) in [6.07, 6.45) is -0.446. The lowest BCUT2D eigenvalue weighted by molar-refractivity contribution is -0.0668. The minimum atomic E-state index is -0.612. The summed E-state index contributed by atoms with van der Waals surface area (Å²) in [4.78, 5) is 16.8. The van der Waals surface area contributed by atoms with E-state index in [1.807, 2.05) is 6.92 Å². The highest BCUT2D eigenvalue weighted by Crippen LogP contribution is 2.23. The van der Waals surface area contributed by atoms with Crippen molar-refractivity contribution < 1.29 is 23.4 Å². The van der Waals surface area contributed by atoms with Crippen LogP contribution in [0.3, 0.4) is 0 Å². The molecule has 2 N–H and O–H groups in total. The van der Waals surface area contributed by atoms with Crippen LogP contribution in [0, 0.1) is 11.6 Å². The number of morpholine rings is 1. The zero-order valence-electron chi connectivity index (χ0n) is 12.0. The summed E-state index contributed by atoms with van der Waals surface area (Å²) in [6, 6.07) is 3.17. The number of benzene rings is 1. The van der Waals surface area contributed by atoms with Crippen LogP contribution in [-0.2, 0) is 4.74 Å². The molecule has 5 nitrogen and oxygen atoms in total. The second-order valence-electron chi connectivity index (χ2n) is 5.45. The summed E-state index contributed by atoms with van der Waals surface area (Å²) in [5.41, 5.74) is 0.0902. The third-order valence-corrected chi connectivity index (χ3v) is 3.89. The van der Waals surface area contributed by atoms with Gasteiger partial charge in [-0.15, -0.1) is 0 Å². The molecule has 0 aliphatic carbocycles. The van der Waals surface area contributed by atoms with Gasteiger partial charge in [-0.1, -0.05) is 0 Å². The predicted octanol–water partition coefficient (Wildman–Crippen LogP) is 1.67. The zero-order chi connectivity index (χ0) is 15.9. The van der Waals surface area contributed by atoms with Gasteiger partial charge in [0.2, 0.25) is 0 Å². The number of halogens is 2. The molecular weight excluding hydrogens is 294 g/mol. The number of aliphatic hydroxyl groups excluding tert-OH is 1. The van der Waals surface area contributed by atoms with Crippen molar-refractivity contribution >= 4 is 16.8 Å². The van der Waals surface area contributed by atoms with Crippen molar-refractivity contribution in [1.82, 2.24) is 9.88 Å². The molecule has 0 saturated carbocycles. The van der Waals surface area contributed by atoms with Gasteiger partial charge in [-0.3, -0.25) is 4.79 Å². The first kappa shape index (κ1) is 14.9. The molecule has 7 heteroatoms. The van der Waals surface area contributed by atoms with Crippen LogP contribution in [0.1, 0.15) is 17.4 Å². The quantitative estimate of drug-likeness (QED) is 0.887. The maximum atomic E-state index is 13.7. The van der Waals surface area contributed by atoms with Gasteiger partial charge in [0, 0.05) is 11.9 Å².